The van der Waals surface area contributed by atoms with Gasteiger partial charge in [-0.25, -0.2) is 0 Å². The third-order valence-electron chi connectivity index (χ3n) is 4.51. The van der Waals surface area contributed by atoms with E-state index in [1.54, 1.807) is 0 Å². The third kappa shape index (κ3) is 6.54. The second-order valence-corrected chi connectivity index (χ2v) is 7.23. The van der Waals surface area contributed by atoms with E-state index >= 15 is 0 Å². The molecule has 3 aromatic rings. The summed E-state index contributed by atoms with van der Waals surface area (Å²) in [4.78, 5) is 12.4. The number of nitrogens with one attached hydrogen (secondary N) is 2. The van der Waals surface area contributed by atoms with Gasteiger partial charge < -0.3 is 15.4 Å². The standard InChI is InChI=1S/C24H25ClN2O2/c1-18-13-14-20(25)16-22(18)26-17-24(28)27-21-11-5-6-12-23(21)29-15-7-10-19-8-3-2-4-9-19/h2-6,8-9,11-14,16,26H,7,10,15,17H2,1H3,(H,27,28). The molecule has 2 N–H and O–H groups in total. The van der Waals surface area contributed by atoms with E-state index in [2.05, 4.69) is 22.8 Å². The highest BCUT2D eigenvalue weighted by atomic mass is 35.5. The van der Waals surface area contributed by atoms with Gasteiger partial charge in [0.1, 0.15) is 5.75 Å². The molecule has 4 nitrogen and oxygen atoms in total. The average molecular weight is 409 g/mol. The Morgan fingerprint density at radius 3 is 2.55 bits per heavy atom. The number of halogens is 1. The molecule has 5 heteroatoms. The molecule has 0 atom stereocenters. The lowest BCUT2D eigenvalue weighted by Crippen LogP contribution is -2.22. The molecule has 0 aromatic heterocycles. The zero-order valence-electron chi connectivity index (χ0n) is 16.5. The van der Waals surface area contributed by atoms with Crippen LogP contribution in [0.2, 0.25) is 5.02 Å². The maximum atomic E-state index is 12.4. The second kappa shape index (κ2) is 10.5. The zero-order valence-corrected chi connectivity index (χ0v) is 17.2. The molecular weight excluding hydrogens is 384 g/mol. The highest BCUT2D eigenvalue weighted by molar-refractivity contribution is 6.30. The number of benzene rings is 3. The Hall–Kier alpha value is -2.98. The van der Waals surface area contributed by atoms with E-state index in [1.807, 2.05) is 67.6 Å². The summed E-state index contributed by atoms with van der Waals surface area (Å²) in [5.41, 5.74) is 3.84. The summed E-state index contributed by atoms with van der Waals surface area (Å²) in [5.74, 6) is 0.526. The van der Waals surface area contributed by atoms with Crippen LogP contribution < -0.4 is 15.4 Å². The fraction of sp³-hybridized carbons (Fsp3) is 0.208. The number of carbonyl (C=O) groups is 1. The van der Waals surface area contributed by atoms with Crippen LogP contribution in [0.15, 0.2) is 72.8 Å². The summed E-state index contributed by atoms with van der Waals surface area (Å²) in [7, 11) is 0. The molecule has 0 saturated carbocycles. The minimum Gasteiger partial charge on any atom is -0.491 e. The van der Waals surface area contributed by atoms with Crippen LogP contribution >= 0.6 is 11.6 Å². The molecule has 0 bridgehead atoms. The molecule has 3 aromatic carbocycles. The van der Waals surface area contributed by atoms with Crippen LogP contribution in [0.5, 0.6) is 5.75 Å². The van der Waals surface area contributed by atoms with Gasteiger partial charge >= 0.3 is 0 Å². The number of carbonyl (C=O) groups excluding carboxylic acids is 1. The summed E-state index contributed by atoms with van der Waals surface area (Å²) < 4.78 is 5.90. The molecular formula is C24H25ClN2O2. The van der Waals surface area contributed by atoms with Gasteiger partial charge in [-0.3, -0.25) is 4.79 Å². The Bertz CT molecular complexity index is 945. The van der Waals surface area contributed by atoms with Gasteiger partial charge in [-0.2, -0.15) is 0 Å². The van der Waals surface area contributed by atoms with Crippen molar-refractivity contribution < 1.29 is 9.53 Å². The van der Waals surface area contributed by atoms with E-state index in [1.165, 1.54) is 5.56 Å². The highest BCUT2D eigenvalue weighted by Crippen LogP contribution is 2.24. The first-order valence-electron chi connectivity index (χ1n) is 9.67. The van der Waals surface area contributed by atoms with Crippen molar-refractivity contribution in [2.75, 3.05) is 23.8 Å². The SMILES string of the molecule is Cc1ccc(Cl)cc1NCC(=O)Nc1ccccc1OCCCc1ccccc1. The van der Waals surface area contributed by atoms with Crippen LogP contribution in [-0.4, -0.2) is 19.1 Å². The fourth-order valence-corrected chi connectivity index (χ4v) is 3.13. The Kier molecular flexibility index (Phi) is 7.54. The number of ether oxygens (including phenoxy) is 1. The first-order chi connectivity index (χ1) is 14.1. The number of rotatable bonds is 9. The summed E-state index contributed by atoms with van der Waals surface area (Å²) >= 11 is 6.03. The fourth-order valence-electron chi connectivity index (χ4n) is 2.95. The van der Waals surface area contributed by atoms with Crippen molar-refractivity contribution in [3.05, 3.63) is 88.9 Å². The van der Waals surface area contributed by atoms with E-state index in [0.717, 1.165) is 24.1 Å². The monoisotopic (exact) mass is 408 g/mol. The molecule has 3 rings (SSSR count). The summed E-state index contributed by atoms with van der Waals surface area (Å²) in [6, 6.07) is 23.4. The first-order valence-corrected chi connectivity index (χ1v) is 10.1. The Morgan fingerprint density at radius 2 is 1.72 bits per heavy atom. The molecule has 0 unspecified atom stereocenters. The van der Waals surface area contributed by atoms with Crippen molar-refractivity contribution >= 4 is 28.9 Å². The van der Waals surface area contributed by atoms with Crippen LogP contribution in [0.1, 0.15) is 17.5 Å². The van der Waals surface area contributed by atoms with Crippen LogP contribution in [-0.2, 0) is 11.2 Å². The molecule has 1 amide bonds. The van der Waals surface area contributed by atoms with E-state index < -0.39 is 0 Å². The molecule has 0 aliphatic rings. The third-order valence-corrected chi connectivity index (χ3v) is 4.75. The van der Waals surface area contributed by atoms with Gasteiger partial charge in [0, 0.05) is 10.7 Å². The number of para-hydroxylation sites is 2. The number of aryl methyl sites for hydroxylation is 2. The smallest absolute Gasteiger partial charge is 0.243 e. The van der Waals surface area contributed by atoms with Crippen LogP contribution in [0.25, 0.3) is 0 Å². The van der Waals surface area contributed by atoms with Crippen molar-refractivity contribution in [2.24, 2.45) is 0 Å². The molecule has 150 valence electrons. The Morgan fingerprint density at radius 1 is 0.966 bits per heavy atom. The predicted molar refractivity (Wildman–Crippen MR) is 120 cm³/mol. The lowest BCUT2D eigenvalue weighted by Gasteiger charge is -2.14. The maximum Gasteiger partial charge on any atom is 0.243 e. The highest BCUT2D eigenvalue weighted by Gasteiger charge is 2.08. The summed E-state index contributed by atoms with van der Waals surface area (Å²) in [5, 5.41) is 6.67. The van der Waals surface area contributed by atoms with Crippen molar-refractivity contribution in [3.8, 4) is 5.75 Å². The van der Waals surface area contributed by atoms with E-state index in [4.69, 9.17) is 16.3 Å². The Balaban J connectivity index is 1.50. The topological polar surface area (TPSA) is 50.4 Å². The minimum atomic E-state index is -0.148. The van der Waals surface area contributed by atoms with E-state index in [9.17, 15) is 4.79 Å². The number of hydrogen-bond acceptors (Lipinski definition) is 3. The quantitative estimate of drug-likeness (QED) is 0.446. The average Bonchev–Trinajstić information content (AvgIpc) is 2.74. The van der Waals surface area contributed by atoms with Crippen LogP contribution in [0.4, 0.5) is 11.4 Å². The first kappa shape index (κ1) is 20.7. The van der Waals surface area contributed by atoms with Crippen molar-refractivity contribution in [2.45, 2.75) is 19.8 Å². The molecule has 29 heavy (non-hydrogen) atoms. The van der Waals surface area contributed by atoms with Crippen molar-refractivity contribution in [1.29, 1.82) is 0 Å². The van der Waals surface area contributed by atoms with Gasteiger partial charge in [0.05, 0.1) is 18.8 Å². The Labute approximate surface area is 176 Å². The summed E-state index contributed by atoms with van der Waals surface area (Å²) in [6.07, 6.45) is 1.86. The van der Waals surface area contributed by atoms with Crippen LogP contribution in [0, 0.1) is 6.92 Å². The molecule has 0 radical (unpaired) electrons. The van der Waals surface area contributed by atoms with Gasteiger partial charge in [-0.1, -0.05) is 60.1 Å². The van der Waals surface area contributed by atoms with Crippen LogP contribution in [0.3, 0.4) is 0 Å². The van der Waals surface area contributed by atoms with Gasteiger partial charge in [0.15, 0.2) is 0 Å². The lowest BCUT2D eigenvalue weighted by molar-refractivity contribution is -0.114. The lowest BCUT2D eigenvalue weighted by atomic mass is 10.1. The van der Waals surface area contributed by atoms with Crippen molar-refractivity contribution in [3.63, 3.8) is 0 Å². The summed E-state index contributed by atoms with van der Waals surface area (Å²) in [6.45, 7) is 2.69. The number of hydrogen-bond donors (Lipinski definition) is 2. The molecule has 0 aliphatic heterocycles. The molecule has 0 saturated heterocycles. The molecule has 0 fully saturated rings. The molecule has 0 aliphatic carbocycles. The maximum absolute atomic E-state index is 12.4. The molecule has 0 spiro atoms. The molecule has 0 heterocycles. The van der Waals surface area contributed by atoms with Gasteiger partial charge in [-0.05, 0) is 55.2 Å². The largest absolute Gasteiger partial charge is 0.491 e. The second-order valence-electron chi connectivity index (χ2n) is 6.79. The number of anilines is 2. The van der Waals surface area contributed by atoms with E-state index in [0.29, 0.717) is 23.1 Å². The van der Waals surface area contributed by atoms with E-state index in [-0.39, 0.29) is 12.5 Å². The van der Waals surface area contributed by atoms with Crippen molar-refractivity contribution in [1.82, 2.24) is 0 Å². The van der Waals surface area contributed by atoms with Gasteiger partial charge in [0.25, 0.3) is 0 Å². The normalized spacial score (nSPS) is 10.4. The van der Waals surface area contributed by atoms with Gasteiger partial charge in [-0.15, -0.1) is 0 Å². The minimum absolute atomic E-state index is 0.142. The predicted octanol–water partition coefficient (Wildman–Crippen LogP) is 5.71. The van der Waals surface area contributed by atoms with Gasteiger partial charge in [0.2, 0.25) is 5.91 Å². The number of amides is 1. The zero-order chi connectivity index (χ0) is 20.5.